The van der Waals surface area contributed by atoms with E-state index in [-0.39, 0.29) is 17.2 Å². The lowest BCUT2D eigenvalue weighted by Crippen LogP contribution is -2.17. The summed E-state index contributed by atoms with van der Waals surface area (Å²) < 4.78 is 1.96. The van der Waals surface area contributed by atoms with Gasteiger partial charge in [-0.2, -0.15) is 5.26 Å². The van der Waals surface area contributed by atoms with Crippen LogP contribution in [0, 0.1) is 27.4 Å². The predicted octanol–water partition coefficient (Wildman–Crippen LogP) is 2.41. The topological polar surface area (TPSA) is 96.8 Å². The van der Waals surface area contributed by atoms with Gasteiger partial charge in [-0.25, -0.2) is 4.98 Å². The first-order valence-electron chi connectivity index (χ1n) is 6.48. The molecule has 7 heteroatoms. The first-order valence-corrected chi connectivity index (χ1v) is 6.48. The second kappa shape index (κ2) is 6.52. The van der Waals surface area contributed by atoms with Gasteiger partial charge in [0.1, 0.15) is 5.69 Å². The first kappa shape index (κ1) is 14.5. The zero-order chi connectivity index (χ0) is 15.2. The number of nitrogens with zero attached hydrogens (tertiary/aromatic N) is 4. The highest BCUT2D eigenvalue weighted by Crippen LogP contribution is 2.25. The Balaban J connectivity index is 2.02. The number of aromatic nitrogens is 2. The van der Waals surface area contributed by atoms with Gasteiger partial charge in [0.25, 0.3) is 5.69 Å². The molecule has 0 saturated heterocycles. The van der Waals surface area contributed by atoms with Gasteiger partial charge < -0.3 is 9.88 Å². The second-order valence-corrected chi connectivity index (χ2v) is 4.85. The summed E-state index contributed by atoms with van der Waals surface area (Å²) in [6.45, 7) is 3.41. The van der Waals surface area contributed by atoms with Gasteiger partial charge in [-0.1, -0.05) is 6.92 Å². The average Bonchev–Trinajstić information content (AvgIpc) is 2.97. The third kappa shape index (κ3) is 3.79. The van der Waals surface area contributed by atoms with E-state index in [0.29, 0.717) is 12.2 Å². The van der Waals surface area contributed by atoms with Crippen LogP contribution in [0.2, 0.25) is 0 Å². The Morgan fingerprint density at radius 3 is 3.00 bits per heavy atom. The maximum absolute atomic E-state index is 11.0. The van der Waals surface area contributed by atoms with E-state index in [9.17, 15) is 10.1 Å². The fourth-order valence-electron chi connectivity index (χ4n) is 2.01. The summed E-state index contributed by atoms with van der Waals surface area (Å²) in [5.41, 5.74) is 0.624. The van der Waals surface area contributed by atoms with Crippen molar-refractivity contribution in [3.05, 3.63) is 52.6 Å². The number of nitrogens with one attached hydrogen (secondary N) is 1. The number of nitriles is 1. The van der Waals surface area contributed by atoms with Crippen molar-refractivity contribution < 1.29 is 4.92 Å². The summed E-state index contributed by atoms with van der Waals surface area (Å²) in [4.78, 5) is 14.5. The SMILES string of the molecule is C[C@@H](CNc1ccc(C#N)cc1[N+](=O)[O-])Cn1ccnc1. The minimum atomic E-state index is -0.482. The molecule has 108 valence electrons. The lowest BCUT2D eigenvalue weighted by Gasteiger charge is -2.14. The number of imidazole rings is 1. The molecular weight excluding hydrogens is 270 g/mol. The van der Waals surface area contributed by atoms with Gasteiger partial charge in [-0.3, -0.25) is 10.1 Å². The Labute approximate surface area is 122 Å². The van der Waals surface area contributed by atoms with Crippen LogP contribution in [0.3, 0.4) is 0 Å². The Bertz CT molecular complexity index is 660. The number of anilines is 1. The summed E-state index contributed by atoms with van der Waals surface area (Å²) in [6.07, 6.45) is 5.33. The Morgan fingerprint density at radius 2 is 2.38 bits per heavy atom. The number of hydrogen-bond donors (Lipinski definition) is 1. The molecule has 0 bridgehead atoms. The smallest absolute Gasteiger partial charge is 0.293 e. The van der Waals surface area contributed by atoms with Crippen LogP contribution >= 0.6 is 0 Å². The van der Waals surface area contributed by atoms with Crippen LogP contribution in [0.25, 0.3) is 0 Å². The second-order valence-electron chi connectivity index (χ2n) is 4.85. The van der Waals surface area contributed by atoms with E-state index in [1.54, 1.807) is 24.7 Å². The Kier molecular flexibility index (Phi) is 4.51. The molecule has 0 aliphatic carbocycles. The molecule has 1 aromatic carbocycles. The largest absolute Gasteiger partial charge is 0.379 e. The molecule has 21 heavy (non-hydrogen) atoms. The number of nitro groups is 1. The molecule has 2 aromatic rings. The molecule has 0 spiro atoms. The van der Waals surface area contributed by atoms with Crippen molar-refractivity contribution in [2.24, 2.45) is 5.92 Å². The van der Waals surface area contributed by atoms with Gasteiger partial charge in [0, 0.05) is 31.5 Å². The zero-order valence-electron chi connectivity index (χ0n) is 11.6. The van der Waals surface area contributed by atoms with Gasteiger partial charge in [0.2, 0.25) is 0 Å². The van der Waals surface area contributed by atoms with E-state index in [2.05, 4.69) is 10.3 Å². The van der Waals surface area contributed by atoms with Crippen molar-refractivity contribution in [2.75, 3.05) is 11.9 Å². The first-order chi connectivity index (χ1) is 10.1. The molecule has 0 radical (unpaired) electrons. The number of nitro benzene ring substituents is 1. The van der Waals surface area contributed by atoms with E-state index in [1.807, 2.05) is 23.8 Å². The van der Waals surface area contributed by atoms with E-state index in [0.717, 1.165) is 6.54 Å². The predicted molar refractivity (Wildman–Crippen MR) is 77.7 cm³/mol. The van der Waals surface area contributed by atoms with Gasteiger partial charge in [-0.15, -0.1) is 0 Å². The third-order valence-corrected chi connectivity index (χ3v) is 3.05. The molecular formula is C14H15N5O2. The van der Waals surface area contributed by atoms with Crippen molar-refractivity contribution in [3.63, 3.8) is 0 Å². The molecule has 0 amide bonds. The van der Waals surface area contributed by atoms with Crippen molar-refractivity contribution >= 4 is 11.4 Å². The molecule has 0 aliphatic rings. The maximum Gasteiger partial charge on any atom is 0.293 e. The fraction of sp³-hybridized carbons (Fsp3) is 0.286. The molecule has 0 unspecified atom stereocenters. The van der Waals surface area contributed by atoms with E-state index >= 15 is 0 Å². The zero-order valence-corrected chi connectivity index (χ0v) is 11.6. The monoisotopic (exact) mass is 285 g/mol. The molecule has 1 heterocycles. The molecule has 0 saturated carbocycles. The quantitative estimate of drug-likeness (QED) is 0.649. The van der Waals surface area contributed by atoms with Crippen molar-refractivity contribution in [1.29, 1.82) is 5.26 Å². The summed E-state index contributed by atoms with van der Waals surface area (Å²) in [7, 11) is 0. The van der Waals surface area contributed by atoms with Crippen LogP contribution in [0.4, 0.5) is 11.4 Å². The lowest BCUT2D eigenvalue weighted by molar-refractivity contribution is -0.384. The van der Waals surface area contributed by atoms with Gasteiger partial charge in [0.05, 0.1) is 22.9 Å². The molecule has 0 aliphatic heterocycles. The molecule has 1 N–H and O–H groups in total. The molecule has 1 aromatic heterocycles. The lowest BCUT2D eigenvalue weighted by atomic mass is 10.1. The van der Waals surface area contributed by atoms with Crippen LogP contribution in [-0.4, -0.2) is 21.0 Å². The molecule has 1 atom stereocenters. The highest BCUT2D eigenvalue weighted by Gasteiger charge is 2.15. The van der Waals surface area contributed by atoms with Crippen LogP contribution in [0.5, 0.6) is 0 Å². The summed E-state index contributed by atoms with van der Waals surface area (Å²) in [5.74, 6) is 0.273. The highest BCUT2D eigenvalue weighted by molar-refractivity contribution is 5.64. The van der Waals surface area contributed by atoms with Crippen molar-refractivity contribution in [2.45, 2.75) is 13.5 Å². The summed E-state index contributed by atoms with van der Waals surface area (Å²) in [6, 6.07) is 6.32. The fourth-order valence-corrected chi connectivity index (χ4v) is 2.01. The van der Waals surface area contributed by atoms with Crippen molar-refractivity contribution in [1.82, 2.24) is 9.55 Å². The number of benzene rings is 1. The third-order valence-electron chi connectivity index (χ3n) is 3.05. The highest BCUT2D eigenvalue weighted by atomic mass is 16.6. The average molecular weight is 285 g/mol. The van der Waals surface area contributed by atoms with Gasteiger partial charge in [0.15, 0.2) is 0 Å². The van der Waals surface area contributed by atoms with Gasteiger partial charge in [-0.05, 0) is 18.1 Å². The van der Waals surface area contributed by atoms with Crippen LogP contribution in [-0.2, 0) is 6.54 Å². The Morgan fingerprint density at radius 1 is 1.57 bits per heavy atom. The van der Waals surface area contributed by atoms with Crippen LogP contribution < -0.4 is 5.32 Å². The normalized spacial score (nSPS) is 11.6. The number of rotatable bonds is 6. The number of hydrogen-bond acceptors (Lipinski definition) is 5. The van der Waals surface area contributed by atoms with Crippen LogP contribution in [0.15, 0.2) is 36.9 Å². The summed E-state index contributed by atoms with van der Waals surface area (Å²) >= 11 is 0. The van der Waals surface area contributed by atoms with E-state index in [1.165, 1.54) is 6.07 Å². The standard InChI is InChI=1S/C14H15N5O2/c1-11(9-18-5-4-16-10-18)8-17-13-3-2-12(7-15)6-14(13)19(20)21/h2-6,10-11,17H,8-9H2,1H3/t11-/m0/s1. The van der Waals surface area contributed by atoms with E-state index in [4.69, 9.17) is 5.26 Å². The van der Waals surface area contributed by atoms with E-state index < -0.39 is 4.92 Å². The van der Waals surface area contributed by atoms with Gasteiger partial charge >= 0.3 is 0 Å². The summed E-state index contributed by atoms with van der Waals surface area (Å²) in [5, 5.41) is 22.9. The Hall–Kier alpha value is -2.88. The minimum absolute atomic E-state index is 0.0797. The van der Waals surface area contributed by atoms with Crippen molar-refractivity contribution in [3.8, 4) is 6.07 Å². The minimum Gasteiger partial charge on any atom is -0.379 e. The molecule has 2 rings (SSSR count). The molecule has 0 fully saturated rings. The van der Waals surface area contributed by atoms with Crippen LogP contribution in [0.1, 0.15) is 12.5 Å². The molecule has 7 nitrogen and oxygen atoms in total. The maximum atomic E-state index is 11.0.